The molecule has 1 fully saturated rings. The van der Waals surface area contributed by atoms with Gasteiger partial charge in [-0.25, -0.2) is 5.84 Å². The molecular formula is C13H18N4O4. The minimum Gasteiger partial charge on any atom is -0.459 e. The zero-order valence-corrected chi connectivity index (χ0v) is 11.8. The van der Waals surface area contributed by atoms with Gasteiger partial charge >= 0.3 is 17.7 Å². The summed E-state index contributed by atoms with van der Waals surface area (Å²) in [6, 6.07) is 1.58. The van der Waals surface area contributed by atoms with Crippen LogP contribution in [0.3, 0.4) is 0 Å². The predicted molar refractivity (Wildman–Crippen MR) is 72.6 cm³/mol. The molecule has 21 heavy (non-hydrogen) atoms. The summed E-state index contributed by atoms with van der Waals surface area (Å²) in [4.78, 5) is 38.5. The van der Waals surface area contributed by atoms with Crippen molar-refractivity contribution < 1.29 is 18.8 Å². The van der Waals surface area contributed by atoms with Crippen LogP contribution in [-0.2, 0) is 16.1 Å². The highest BCUT2D eigenvalue weighted by Crippen LogP contribution is 2.16. The molecule has 8 heteroatoms. The molecule has 3 N–H and O–H groups in total. The summed E-state index contributed by atoms with van der Waals surface area (Å²) in [6.07, 6.45) is 2.15. The lowest BCUT2D eigenvalue weighted by Gasteiger charge is -2.33. The largest absolute Gasteiger partial charge is 0.459 e. The lowest BCUT2D eigenvalue weighted by Crippen LogP contribution is -2.54. The Hall–Kier alpha value is -2.35. The van der Waals surface area contributed by atoms with Crippen molar-refractivity contribution in [2.24, 2.45) is 5.84 Å². The molecule has 0 aromatic carbocycles. The Bertz CT molecular complexity index is 554. The number of hydrogen-bond acceptors (Lipinski definition) is 5. The van der Waals surface area contributed by atoms with E-state index in [1.54, 1.807) is 11.0 Å². The van der Waals surface area contributed by atoms with E-state index in [0.29, 0.717) is 25.2 Å². The molecule has 0 spiro atoms. The normalized spacial score (nSPS) is 15.5. The molecule has 0 saturated carbocycles. The highest BCUT2D eigenvalue weighted by atomic mass is 16.3. The quantitative estimate of drug-likeness (QED) is 0.328. The highest BCUT2D eigenvalue weighted by molar-refractivity contribution is 6.35. The lowest BCUT2D eigenvalue weighted by molar-refractivity contribution is -0.156. The van der Waals surface area contributed by atoms with Crippen LogP contribution in [0.5, 0.6) is 0 Å². The van der Waals surface area contributed by atoms with Gasteiger partial charge in [0.2, 0.25) is 0 Å². The second-order valence-corrected chi connectivity index (χ2v) is 4.77. The van der Waals surface area contributed by atoms with E-state index >= 15 is 0 Å². The molecule has 3 amide bonds. The van der Waals surface area contributed by atoms with Crippen molar-refractivity contribution in [2.45, 2.75) is 19.9 Å². The first-order chi connectivity index (χ1) is 10.1. The van der Waals surface area contributed by atoms with E-state index in [0.717, 1.165) is 6.42 Å². The fourth-order valence-electron chi connectivity index (χ4n) is 2.28. The van der Waals surface area contributed by atoms with Gasteiger partial charge in [0.1, 0.15) is 0 Å². The average molecular weight is 294 g/mol. The third kappa shape index (κ3) is 3.05. The SMILES string of the molecule is CCCN1CCN(Cc2ccoc2C(=O)NN)C(=O)C1=O. The van der Waals surface area contributed by atoms with E-state index in [9.17, 15) is 14.4 Å². The minimum absolute atomic E-state index is 0.0498. The van der Waals surface area contributed by atoms with Crippen LogP contribution in [0.1, 0.15) is 29.5 Å². The Kier molecular flexibility index (Phi) is 4.59. The van der Waals surface area contributed by atoms with E-state index in [1.165, 1.54) is 11.2 Å². The molecule has 8 nitrogen and oxygen atoms in total. The van der Waals surface area contributed by atoms with Gasteiger partial charge in [-0.2, -0.15) is 0 Å². The minimum atomic E-state index is -0.571. The number of piperazine rings is 1. The first-order valence-electron chi connectivity index (χ1n) is 6.74. The third-order valence-electron chi connectivity index (χ3n) is 3.34. The summed E-state index contributed by atoms with van der Waals surface area (Å²) in [5.41, 5.74) is 2.49. The summed E-state index contributed by atoms with van der Waals surface area (Å²) in [7, 11) is 0. The molecular weight excluding hydrogens is 276 g/mol. The van der Waals surface area contributed by atoms with Crippen LogP contribution in [0.15, 0.2) is 16.7 Å². The number of hydrazine groups is 1. The summed E-state index contributed by atoms with van der Waals surface area (Å²) < 4.78 is 5.06. The molecule has 1 aliphatic heterocycles. The number of carbonyl (C=O) groups excluding carboxylic acids is 3. The first kappa shape index (κ1) is 15.0. The number of amides is 3. The molecule has 1 aliphatic rings. The van der Waals surface area contributed by atoms with Crippen molar-refractivity contribution in [3.05, 3.63) is 23.7 Å². The van der Waals surface area contributed by atoms with Crippen LogP contribution in [0.25, 0.3) is 0 Å². The number of furan rings is 1. The first-order valence-corrected chi connectivity index (χ1v) is 6.74. The van der Waals surface area contributed by atoms with Crippen molar-refractivity contribution in [2.75, 3.05) is 19.6 Å². The number of rotatable bonds is 5. The maximum atomic E-state index is 12.1. The van der Waals surface area contributed by atoms with E-state index in [2.05, 4.69) is 0 Å². The van der Waals surface area contributed by atoms with Crippen LogP contribution in [-0.4, -0.2) is 47.2 Å². The Morgan fingerprint density at radius 2 is 2.00 bits per heavy atom. The van der Waals surface area contributed by atoms with Gasteiger partial charge in [-0.15, -0.1) is 0 Å². The monoisotopic (exact) mass is 294 g/mol. The maximum absolute atomic E-state index is 12.1. The second-order valence-electron chi connectivity index (χ2n) is 4.77. The summed E-state index contributed by atoms with van der Waals surface area (Å²) in [5.74, 6) is 3.48. The van der Waals surface area contributed by atoms with Gasteiger partial charge in [-0.3, -0.25) is 19.8 Å². The molecule has 1 aromatic rings. The molecule has 1 aromatic heterocycles. The van der Waals surface area contributed by atoms with E-state index < -0.39 is 17.7 Å². The van der Waals surface area contributed by atoms with Crippen molar-refractivity contribution in [3.8, 4) is 0 Å². The molecule has 0 bridgehead atoms. The summed E-state index contributed by atoms with van der Waals surface area (Å²) >= 11 is 0. The topological polar surface area (TPSA) is 109 Å². The van der Waals surface area contributed by atoms with Crippen LogP contribution < -0.4 is 11.3 Å². The smallest absolute Gasteiger partial charge is 0.312 e. The second kappa shape index (κ2) is 6.40. The van der Waals surface area contributed by atoms with Crippen LogP contribution in [0, 0.1) is 0 Å². The molecule has 114 valence electrons. The van der Waals surface area contributed by atoms with E-state index in [-0.39, 0.29) is 12.3 Å². The number of nitrogens with zero attached hydrogens (tertiary/aromatic N) is 2. The Labute approximate surface area is 121 Å². The zero-order chi connectivity index (χ0) is 15.4. The summed E-state index contributed by atoms with van der Waals surface area (Å²) in [5, 5.41) is 0. The summed E-state index contributed by atoms with van der Waals surface area (Å²) in [6.45, 7) is 3.59. The van der Waals surface area contributed by atoms with Gasteiger partial charge in [0.25, 0.3) is 0 Å². The van der Waals surface area contributed by atoms with Gasteiger partial charge < -0.3 is 14.2 Å². The molecule has 2 rings (SSSR count). The Morgan fingerprint density at radius 1 is 1.33 bits per heavy atom. The van der Waals surface area contributed by atoms with Crippen molar-refractivity contribution in [1.82, 2.24) is 15.2 Å². The molecule has 0 unspecified atom stereocenters. The van der Waals surface area contributed by atoms with E-state index in [4.69, 9.17) is 10.3 Å². The number of nitrogens with two attached hydrogens (primary N) is 1. The highest BCUT2D eigenvalue weighted by Gasteiger charge is 2.32. The molecule has 1 saturated heterocycles. The number of nitrogens with one attached hydrogen (secondary N) is 1. The molecule has 0 aliphatic carbocycles. The Balaban J connectivity index is 2.08. The van der Waals surface area contributed by atoms with Crippen molar-refractivity contribution in [1.29, 1.82) is 0 Å². The average Bonchev–Trinajstić information content (AvgIpc) is 2.94. The van der Waals surface area contributed by atoms with Gasteiger partial charge in [0.05, 0.1) is 12.8 Å². The van der Waals surface area contributed by atoms with Gasteiger partial charge in [0.15, 0.2) is 5.76 Å². The zero-order valence-electron chi connectivity index (χ0n) is 11.8. The maximum Gasteiger partial charge on any atom is 0.312 e. The van der Waals surface area contributed by atoms with Gasteiger partial charge in [-0.05, 0) is 12.5 Å². The van der Waals surface area contributed by atoms with Crippen LogP contribution in [0.2, 0.25) is 0 Å². The number of nitrogen functional groups attached to an aromatic ring is 1. The van der Waals surface area contributed by atoms with Crippen molar-refractivity contribution >= 4 is 17.7 Å². The number of carbonyl (C=O) groups is 3. The van der Waals surface area contributed by atoms with Gasteiger partial charge in [0, 0.05) is 25.2 Å². The van der Waals surface area contributed by atoms with Gasteiger partial charge in [-0.1, -0.05) is 6.92 Å². The molecule has 0 atom stereocenters. The van der Waals surface area contributed by atoms with Crippen LogP contribution in [0.4, 0.5) is 0 Å². The fraction of sp³-hybridized carbons (Fsp3) is 0.462. The predicted octanol–water partition coefficient (Wildman–Crippen LogP) is -0.536. The third-order valence-corrected chi connectivity index (χ3v) is 3.34. The lowest BCUT2D eigenvalue weighted by atomic mass is 10.2. The van der Waals surface area contributed by atoms with Crippen molar-refractivity contribution in [3.63, 3.8) is 0 Å². The fourth-order valence-corrected chi connectivity index (χ4v) is 2.28. The number of hydrogen-bond donors (Lipinski definition) is 2. The van der Waals surface area contributed by atoms with E-state index in [1.807, 2.05) is 12.3 Å². The standard InChI is InChI=1S/C13H18N4O4/c1-2-4-16-5-6-17(13(20)12(16)19)8-9-3-7-21-10(9)11(18)15-14/h3,7H,2,4-6,8,14H2,1H3,(H,15,18). The Morgan fingerprint density at radius 3 is 2.67 bits per heavy atom. The molecule has 2 heterocycles. The molecule has 0 radical (unpaired) electrons. The van der Waals surface area contributed by atoms with Crippen LogP contribution >= 0.6 is 0 Å².